The van der Waals surface area contributed by atoms with E-state index in [9.17, 15) is 5.11 Å². The van der Waals surface area contributed by atoms with E-state index in [4.69, 9.17) is 4.74 Å². The van der Waals surface area contributed by atoms with E-state index < -0.39 is 6.10 Å². The summed E-state index contributed by atoms with van der Waals surface area (Å²) in [5.74, 6) is 2.74. The molecule has 106 valence electrons. The summed E-state index contributed by atoms with van der Waals surface area (Å²) in [6, 6.07) is 7.49. The van der Waals surface area contributed by atoms with Crippen LogP contribution in [0.4, 0.5) is 0 Å². The van der Waals surface area contributed by atoms with Crippen LogP contribution in [-0.2, 0) is 19.6 Å². The highest BCUT2D eigenvalue weighted by atomic mass is 16.5. The molecule has 2 aromatic rings. The summed E-state index contributed by atoms with van der Waals surface area (Å²) >= 11 is 0. The fraction of sp³-hybridized carbons (Fsp3) is 0.467. The number of benzene rings is 1. The molecule has 20 heavy (non-hydrogen) atoms. The smallest absolute Gasteiger partial charge is 0.171 e. The normalized spacial score (nSPS) is 15.7. The summed E-state index contributed by atoms with van der Waals surface area (Å²) < 4.78 is 7.91. The van der Waals surface area contributed by atoms with Gasteiger partial charge in [-0.15, -0.1) is 10.2 Å². The van der Waals surface area contributed by atoms with E-state index in [0.29, 0.717) is 6.61 Å². The molecule has 5 nitrogen and oxygen atoms in total. The van der Waals surface area contributed by atoms with Crippen LogP contribution in [0, 0.1) is 0 Å². The van der Waals surface area contributed by atoms with E-state index in [2.05, 4.69) is 14.8 Å². The quantitative estimate of drug-likeness (QED) is 0.928. The number of aliphatic hydroxyl groups is 1. The Morgan fingerprint density at radius 2 is 2.05 bits per heavy atom. The summed E-state index contributed by atoms with van der Waals surface area (Å²) in [5, 5.41) is 17.9. The van der Waals surface area contributed by atoms with Gasteiger partial charge in [-0.3, -0.25) is 0 Å². The summed E-state index contributed by atoms with van der Waals surface area (Å²) in [6.07, 6.45) is 2.93. The van der Waals surface area contributed by atoms with E-state index in [-0.39, 0.29) is 0 Å². The number of ether oxygens (including phenoxy) is 1. The van der Waals surface area contributed by atoms with Crippen molar-refractivity contribution >= 4 is 0 Å². The van der Waals surface area contributed by atoms with Gasteiger partial charge in [0, 0.05) is 13.0 Å². The van der Waals surface area contributed by atoms with Gasteiger partial charge in [-0.1, -0.05) is 12.1 Å². The third kappa shape index (κ3) is 2.67. The number of aliphatic hydroxyl groups excluding tert-OH is 1. The highest BCUT2D eigenvalue weighted by molar-refractivity contribution is 5.28. The van der Waals surface area contributed by atoms with Gasteiger partial charge in [0.15, 0.2) is 5.82 Å². The fourth-order valence-corrected chi connectivity index (χ4v) is 2.47. The molecule has 0 saturated heterocycles. The van der Waals surface area contributed by atoms with Crippen molar-refractivity contribution < 1.29 is 9.84 Å². The van der Waals surface area contributed by atoms with Crippen molar-refractivity contribution in [3.63, 3.8) is 0 Å². The Labute approximate surface area is 118 Å². The predicted octanol–water partition coefficient (Wildman–Crippen LogP) is 2.25. The van der Waals surface area contributed by atoms with Crippen LogP contribution in [0.25, 0.3) is 0 Å². The minimum atomic E-state index is -0.451. The van der Waals surface area contributed by atoms with E-state index in [1.807, 2.05) is 24.3 Å². The molecule has 0 aliphatic carbocycles. The number of aromatic nitrogens is 3. The van der Waals surface area contributed by atoms with E-state index in [1.165, 1.54) is 12.8 Å². The second-order valence-electron chi connectivity index (χ2n) is 5.17. The van der Waals surface area contributed by atoms with Crippen molar-refractivity contribution in [2.24, 2.45) is 0 Å². The number of rotatable bonds is 4. The molecule has 3 rings (SSSR count). The number of hydrogen-bond donors (Lipinski definition) is 1. The van der Waals surface area contributed by atoms with Crippen molar-refractivity contribution in [3.05, 3.63) is 41.5 Å². The highest BCUT2D eigenvalue weighted by Gasteiger charge is 2.15. The molecule has 1 aromatic heterocycles. The standard InChI is InChI=1S/C15H19N3O2/c1-11(19)12-5-7-13(8-6-12)20-10-15-17-16-14-4-2-3-9-18(14)15/h5-8,11,19H,2-4,9-10H2,1H3. The third-order valence-electron chi connectivity index (χ3n) is 3.67. The largest absolute Gasteiger partial charge is 0.486 e. The molecule has 5 heteroatoms. The van der Waals surface area contributed by atoms with Crippen molar-refractivity contribution in [2.45, 2.75) is 45.4 Å². The summed E-state index contributed by atoms with van der Waals surface area (Å²) in [4.78, 5) is 0. The van der Waals surface area contributed by atoms with Gasteiger partial charge in [-0.25, -0.2) is 0 Å². The van der Waals surface area contributed by atoms with Gasteiger partial charge in [-0.2, -0.15) is 0 Å². The Bertz CT molecular complexity index is 575. The van der Waals surface area contributed by atoms with Crippen LogP contribution in [0.2, 0.25) is 0 Å². The summed E-state index contributed by atoms with van der Waals surface area (Å²) in [5.41, 5.74) is 0.886. The summed E-state index contributed by atoms with van der Waals surface area (Å²) in [6.45, 7) is 3.17. The average Bonchev–Trinajstić information content (AvgIpc) is 2.89. The molecule has 2 heterocycles. The second-order valence-corrected chi connectivity index (χ2v) is 5.17. The lowest BCUT2D eigenvalue weighted by molar-refractivity contribution is 0.199. The van der Waals surface area contributed by atoms with Crippen molar-refractivity contribution in [1.29, 1.82) is 0 Å². The maximum Gasteiger partial charge on any atom is 0.171 e. The first kappa shape index (κ1) is 13.1. The minimum absolute atomic E-state index is 0.432. The monoisotopic (exact) mass is 273 g/mol. The molecule has 0 spiro atoms. The molecule has 0 saturated carbocycles. The Balaban J connectivity index is 1.66. The predicted molar refractivity (Wildman–Crippen MR) is 74.4 cm³/mol. The molecule has 0 amide bonds. The number of fused-ring (bicyclic) bond motifs is 1. The Hall–Kier alpha value is -1.88. The molecule has 1 N–H and O–H groups in total. The van der Waals surface area contributed by atoms with E-state index >= 15 is 0 Å². The highest BCUT2D eigenvalue weighted by Crippen LogP contribution is 2.19. The van der Waals surface area contributed by atoms with E-state index in [1.54, 1.807) is 6.92 Å². The molecule has 1 aliphatic heterocycles. The lowest BCUT2D eigenvalue weighted by Crippen LogP contribution is -2.14. The van der Waals surface area contributed by atoms with Crippen LogP contribution in [0.15, 0.2) is 24.3 Å². The molecule has 1 atom stereocenters. The van der Waals surface area contributed by atoms with E-state index in [0.717, 1.165) is 35.9 Å². The first-order chi connectivity index (χ1) is 9.74. The molecule has 0 radical (unpaired) electrons. The van der Waals surface area contributed by atoms with Gasteiger partial charge in [0.2, 0.25) is 0 Å². The molecular formula is C15H19N3O2. The SMILES string of the molecule is CC(O)c1ccc(OCc2nnc3n2CCCC3)cc1. The van der Waals surface area contributed by atoms with Gasteiger partial charge in [0.25, 0.3) is 0 Å². The topological polar surface area (TPSA) is 60.2 Å². The first-order valence-electron chi connectivity index (χ1n) is 7.06. The first-order valence-corrected chi connectivity index (χ1v) is 7.06. The number of hydrogen-bond acceptors (Lipinski definition) is 4. The van der Waals surface area contributed by atoms with Crippen LogP contribution in [0.3, 0.4) is 0 Å². The zero-order valence-electron chi connectivity index (χ0n) is 11.6. The molecule has 0 bridgehead atoms. The lowest BCUT2D eigenvalue weighted by atomic mass is 10.1. The van der Waals surface area contributed by atoms with Crippen LogP contribution in [-0.4, -0.2) is 19.9 Å². The van der Waals surface area contributed by atoms with Crippen LogP contribution in [0.1, 0.15) is 43.1 Å². The Morgan fingerprint density at radius 3 is 2.80 bits per heavy atom. The van der Waals surface area contributed by atoms with Crippen molar-refractivity contribution in [1.82, 2.24) is 14.8 Å². The minimum Gasteiger partial charge on any atom is -0.486 e. The molecule has 1 aliphatic rings. The van der Waals surface area contributed by atoms with Gasteiger partial charge in [0.05, 0.1) is 6.10 Å². The maximum atomic E-state index is 9.46. The Kier molecular flexibility index (Phi) is 3.69. The maximum absolute atomic E-state index is 9.46. The van der Waals surface area contributed by atoms with Crippen molar-refractivity contribution in [3.8, 4) is 5.75 Å². The second kappa shape index (κ2) is 5.63. The van der Waals surface area contributed by atoms with Crippen LogP contribution >= 0.6 is 0 Å². The van der Waals surface area contributed by atoms with Gasteiger partial charge in [-0.05, 0) is 37.5 Å². The Morgan fingerprint density at radius 1 is 1.25 bits per heavy atom. The lowest BCUT2D eigenvalue weighted by Gasteiger charge is -2.15. The average molecular weight is 273 g/mol. The zero-order valence-corrected chi connectivity index (χ0v) is 11.6. The van der Waals surface area contributed by atoms with Gasteiger partial charge < -0.3 is 14.4 Å². The molecule has 0 fully saturated rings. The third-order valence-corrected chi connectivity index (χ3v) is 3.67. The molecular weight excluding hydrogens is 254 g/mol. The fourth-order valence-electron chi connectivity index (χ4n) is 2.47. The summed E-state index contributed by atoms with van der Waals surface area (Å²) in [7, 11) is 0. The number of aryl methyl sites for hydroxylation is 1. The van der Waals surface area contributed by atoms with Crippen LogP contribution < -0.4 is 4.74 Å². The van der Waals surface area contributed by atoms with Gasteiger partial charge in [0.1, 0.15) is 18.2 Å². The number of nitrogens with zero attached hydrogens (tertiary/aromatic N) is 3. The van der Waals surface area contributed by atoms with Crippen LogP contribution in [0.5, 0.6) is 5.75 Å². The zero-order chi connectivity index (χ0) is 13.9. The molecule has 1 aromatic carbocycles. The van der Waals surface area contributed by atoms with Gasteiger partial charge >= 0.3 is 0 Å². The van der Waals surface area contributed by atoms with Crippen molar-refractivity contribution in [2.75, 3.05) is 0 Å². The molecule has 1 unspecified atom stereocenters.